The van der Waals surface area contributed by atoms with Crippen LogP contribution in [-0.4, -0.2) is 45.2 Å². The van der Waals surface area contributed by atoms with E-state index in [4.69, 9.17) is 0 Å². The molecule has 0 saturated heterocycles. The molecule has 12 heavy (non-hydrogen) atoms. The molecule has 1 nitrogen and oxygen atoms in total. The molecule has 0 aromatic carbocycles. The maximum absolute atomic E-state index is 2.98. The van der Waals surface area contributed by atoms with Gasteiger partial charge in [0.1, 0.15) is 0 Å². The van der Waals surface area contributed by atoms with Gasteiger partial charge in [0.05, 0.1) is 0 Å². The van der Waals surface area contributed by atoms with Crippen LogP contribution in [0.25, 0.3) is 0 Å². The molecule has 0 radical (unpaired) electrons. The van der Waals surface area contributed by atoms with Crippen LogP contribution in [0.3, 0.4) is 0 Å². The van der Waals surface area contributed by atoms with Crippen LogP contribution >= 0.6 is 0 Å². The molecule has 0 atom stereocenters. The zero-order valence-corrected chi connectivity index (χ0v) is 15.6. The molecule has 0 aliphatic heterocycles. The van der Waals surface area contributed by atoms with Crippen LogP contribution in [0.2, 0.25) is 29.6 Å². The molecule has 0 aliphatic rings. The molecule has 0 aromatic rings. The van der Waals surface area contributed by atoms with Crippen molar-refractivity contribution < 1.29 is 0 Å². The van der Waals surface area contributed by atoms with Crippen LogP contribution in [0.4, 0.5) is 0 Å². The number of rotatable bonds is 4. The molecule has 0 spiro atoms. The molecule has 0 aliphatic carbocycles. The molecule has 3 heteroatoms. The summed E-state index contributed by atoms with van der Waals surface area (Å²) in [7, 11) is 0. The summed E-state index contributed by atoms with van der Waals surface area (Å²) >= 11 is -3.46. The Morgan fingerprint density at radius 3 is 1.25 bits per heavy atom. The third kappa shape index (κ3) is 4.70. The summed E-state index contributed by atoms with van der Waals surface area (Å²) in [5.74, 6) is 0. The summed E-state index contributed by atoms with van der Waals surface area (Å²) in [6.07, 6.45) is 1.34. The van der Waals surface area contributed by atoms with Crippen LogP contribution in [0.5, 0.6) is 0 Å². The number of hydrogen-bond acceptors (Lipinski definition) is 1. The van der Waals surface area contributed by atoms with E-state index >= 15 is 0 Å². The molecule has 0 amide bonds. The zero-order chi connectivity index (χ0) is 9.99. The molecule has 0 bridgehead atoms. The second-order valence-corrected chi connectivity index (χ2v) is 37.0. The Hall–Kier alpha value is 1.56. The van der Waals surface area contributed by atoms with Crippen molar-refractivity contribution in [2.45, 2.75) is 43.0 Å². The van der Waals surface area contributed by atoms with Crippen LogP contribution in [0.1, 0.15) is 13.3 Å². The van der Waals surface area contributed by atoms with E-state index in [9.17, 15) is 0 Å². The van der Waals surface area contributed by atoms with Gasteiger partial charge in [0.25, 0.3) is 0 Å². The SMILES string of the molecule is CCC[N]([Sn]([CH3])([CH3])[CH3])[Sn]([CH3])([CH3])[CH3]. The summed E-state index contributed by atoms with van der Waals surface area (Å²) in [6, 6.07) is 0. The Morgan fingerprint density at radius 2 is 1.17 bits per heavy atom. The summed E-state index contributed by atoms with van der Waals surface area (Å²) in [5, 5.41) is 0. The Morgan fingerprint density at radius 1 is 0.833 bits per heavy atom. The average Bonchev–Trinajstić information content (AvgIpc) is 1.77. The van der Waals surface area contributed by atoms with Gasteiger partial charge in [-0.3, -0.25) is 0 Å². The minimum atomic E-state index is -1.73. The van der Waals surface area contributed by atoms with Crippen molar-refractivity contribution in [2.75, 3.05) is 6.54 Å². The Bertz CT molecular complexity index is 118. The number of hydrogen-bond donors (Lipinski definition) is 0. The molecular formula is C9H25NSn2. The van der Waals surface area contributed by atoms with Gasteiger partial charge in [0.15, 0.2) is 0 Å². The normalized spacial score (nSPS) is 14.0. The molecule has 0 rings (SSSR count). The first-order chi connectivity index (χ1) is 5.19. The molecule has 0 fully saturated rings. The molecule has 0 saturated carbocycles. The first-order valence-electron chi connectivity index (χ1n) is 4.97. The standard InChI is InChI=1S/C3H7N.6CH3.2Sn/c1-2-3-4;;;;;;;;/h2-3H2,1H3;6*1H3;;. The predicted molar refractivity (Wildman–Crippen MR) is 63.7 cm³/mol. The molecule has 74 valence electrons. The number of nitrogens with zero attached hydrogens (tertiary/aromatic N) is 1. The summed E-state index contributed by atoms with van der Waals surface area (Å²) in [4.78, 5) is 15.3. The summed E-state index contributed by atoms with van der Waals surface area (Å²) in [5.41, 5.74) is 0. The van der Waals surface area contributed by atoms with Crippen molar-refractivity contribution in [3.8, 4) is 0 Å². The summed E-state index contributed by atoms with van der Waals surface area (Å²) in [6.45, 7) is 3.68. The van der Waals surface area contributed by atoms with Crippen molar-refractivity contribution in [3.63, 3.8) is 0 Å². The predicted octanol–water partition coefficient (Wildman–Crippen LogP) is 3.37. The van der Waals surface area contributed by atoms with Gasteiger partial charge in [-0.25, -0.2) is 0 Å². The van der Waals surface area contributed by atoms with Crippen LogP contribution in [0, 0.1) is 0 Å². The van der Waals surface area contributed by atoms with Crippen molar-refractivity contribution >= 4 is 37.3 Å². The third-order valence-corrected chi connectivity index (χ3v) is 38.3. The first kappa shape index (κ1) is 13.6. The molecule has 0 N–H and O–H groups in total. The third-order valence-electron chi connectivity index (χ3n) is 2.07. The van der Waals surface area contributed by atoms with E-state index in [2.05, 4.69) is 37.9 Å². The van der Waals surface area contributed by atoms with Crippen LogP contribution in [-0.2, 0) is 0 Å². The molecule has 0 aromatic heterocycles. The van der Waals surface area contributed by atoms with Crippen LogP contribution in [0.15, 0.2) is 0 Å². The first-order valence-corrected chi connectivity index (χ1v) is 24.6. The minimum absolute atomic E-state index is 1.34. The van der Waals surface area contributed by atoms with Gasteiger partial charge >= 0.3 is 88.2 Å². The zero-order valence-electron chi connectivity index (χ0n) is 9.86. The van der Waals surface area contributed by atoms with Gasteiger partial charge in [-0.2, -0.15) is 0 Å². The quantitative estimate of drug-likeness (QED) is 0.672. The van der Waals surface area contributed by atoms with E-state index in [-0.39, 0.29) is 0 Å². The van der Waals surface area contributed by atoms with E-state index in [1.807, 2.05) is 0 Å². The second-order valence-electron chi connectivity index (χ2n) is 5.49. The van der Waals surface area contributed by atoms with E-state index in [0.29, 0.717) is 0 Å². The monoisotopic (exact) mass is 387 g/mol. The van der Waals surface area contributed by atoms with Crippen molar-refractivity contribution in [2.24, 2.45) is 0 Å². The second kappa shape index (κ2) is 4.87. The van der Waals surface area contributed by atoms with Gasteiger partial charge in [-0.05, 0) is 0 Å². The van der Waals surface area contributed by atoms with E-state index in [1.165, 1.54) is 13.0 Å². The van der Waals surface area contributed by atoms with Gasteiger partial charge < -0.3 is 0 Å². The molecular weight excluding hydrogens is 360 g/mol. The van der Waals surface area contributed by atoms with Crippen molar-refractivity contribution in [1.82, 2.24) is 1.34 Å². The van der Waals surface area contributed by atoms with Gasteiger partial charge in [-0.1, -0.05) is 0 Å². The average molecular weight is 385 g/mol. The van der Waals surface area contributed by atoms with Gasteiger partial charge in [0, 0.05) is 0 Å². The van der Waals surface area contributed by atoms with E-state index in [0.717, 1.165) is 0 Å². The van der Waals surface area contributed by atoms with Gasteiger partial charge in [0.2, 0.25) is 0 Å². The topological polar surface area (TPSA) is 3.24 Å². The Kier molecular flexibility index (Phi) is 5.50. The fraction of sp³-hybridized carbons (Fsp3) is 1.00. The van der Waals surface area contributed by atoms with E-state index in [1.54, 1.807) is 0 Å². The van der Waals surface area contributed by atoms with Gasteiger partial charge in [-0.15, -0.1) is 0 Å². The Balaban J connectivity index is 4.45. The maximum atomic E-state index is 2.98. The van der Waals surface area contributed by atoms with E-state index < -0.39 is 37.3 Å². The summed E-state index contributed by atoms with van der Waals surface area (Å²) < 4.78 is 2.98. The fourth-order valence-electron chi connectivity index (χ4n) is 1.90. The van der Waals surface area contributed by atoms with Crippen LogP contribution < -0.4 is 0 Å². The van der Waals surface area contributed by atoms with Crippen molar-refractivity contribution in [3.05, 3.63) is 0 Å². The molecule has 0 heterocycles. The molecule has 0 unspecified atom stereocenters. The Labute approximate surface area is 87.4 Å². The van der Waals surface area contributed by atoms with Crippen molar-refractivity contribution in [1.29, 1.82) is 0 Å². The fourth-order valence-corrected chi connectivity index (χ4v) is 51.3.